The quantitative estimate of drug-likeness (QED) is 0.905. The summed E-state index contributed by atoms with van der Waals surface area (Å²) in [5.74, 6) is -0.0847. The predicted octanol–water partition coefficient (Wildman–Crippen LogP) is 1.88. The van der Waals surface area contributed by atoms with E-state index in [0.717, 1.165) is 18.7 Å². The molecule has 1 saturated heterocycles. The highest BCUT2D eigenvalue weighted by Gasteiger charge is 2.22. The van der Waals surface area contributed by atoms with Crippen LogP contribution >= 0.6 is 0 Å². The van der Waals surface area contributed by atoms with E-state index in [1.54, 1.807) is 25.1 Å². The Bertz CT molecular complexity index is 711. The van der Waals surface area contributed by atoms with Crippen LogP contribution in [0.15, 0.2) is 28.8 Å². The van der Waals surface area contributed by atoms with Gasteiger partial charge in [0.05, 0.1) is 13.2 Å². The third-order valence-electron chi connectivity index (χ3n) is 4.08. The van der Waals surface area contributed by atoms with Crippen molar-refractivity contribution in [3.05, 3.63) is 52.7 Å². The molecule has 1 aliphatic rings. The van der Waals surface area contributed by atoms with Crippen LogP contribution < -0.4 is 5.32 Å². The van der Waals surface area contributed by atoms with E-state index in [1.807, 2.05) is 0 Å². The number of hydrogen-bond acceptors (Lipinski definition) is 5. The molecule has 1 aromatic heterocycles. The number of nitrogens with one attached hydrogen (secondary N) is 1. The molecular formula is C17H20FN3O3. The molecule has 1 N–H and O–H groups in total. The lowest BCUT2D eigenvalue weighted by Crippen LogP contribution is -2.36. The van der Waals surface area contributed by atoms with Gasteiger partial charge in [-0.05, 0) is 13.0 Å². The van der Waals surface area contributed by atoms with Crippen LogP contribution in [0.25, 0.3) is 0 Å². The summed E-state index contributed by atoms with van der Waals surface area (Å²) in [5.41, 5.74) is 1.46. The summed E-state index contributed by atoms with van der Waals surface area (Å²) in [6.45, 7) is 5.45. The number of morpholine rings is 1. The lowest BCUT2D eigenvalue weighted by atomic mass is 10.1. The maximum absolute atomic E-state index is 13.6. The number of rotatable bonds is 5. The Morgan fingerprint density at radius 1 is 1.33 bits per heavy atom. The van der Waals surface area contributed by atoms with Gasteiger partial charge >= 0.3 is 0 Å². The zero-order valence-electron chi connectivity index (χ0n) is 13.5. The van der Waals surface area contributed by atoms with Crippen molar-refractivity contribution in [3.8, 4) is 0 Å². The van der Waals surface area contributed by atoms with Crippen LogP contribution in [-0.2, 0) is 17.8 Å². The van der Waals surface area contributed by atoms with Crippen molar-refractivity contribution >= 4 is 5.91 Å². The molecule has 0 unspecified atom stereocenters. The van der Waals surface area contributed by atoms with Crippen LogP contribution in [0.2, 0.25) is 0 Å². The lowest BCUT2D eigenvalue weighted by molar-refractivity contribution is 0.0339. The fourth-order valence-electron chi connectivity index (χ4n) is 2.64. The van der Waals surface area contributed by atoms with Crippen LogP contribution in [0, 0.1) is 12.7 Å². The Morgan fingerprint density at radius 3 is 2.83 bits per heavy atom. The summed E-state index contributed by atoms with van der Waals surface area (Å²) in [6.07, 6.45) is 0. The number of carbonyl (C=O) groups excluding carboxylic acids is 1. The second kappa shape index (κ2) is 7.55. The van der Waals surface area contributed by atoms with Crippen LogP contribution in [0.1, 0.15) is 27.4 Å². The Hall–Kier alpha value is -2.25. The Morgan fingerprint density at radius 2 is 2.08 bits per heavy atom. The highest BCUT2D eigenvalue weighted by atomic mass is 19.1. The van der Waals surface area contributed by atoms with Gasteiger partial charge in [-0.1, -0.05) is 23.4 Å². The topological polar surface area (TPSA) is 67.6 Å². The monoisotopic (exact) mass is 333 g/mol. The number of benzene rings is 1. The molecule has 0 bridgehead atoms. The molecule has 2 aromatic rings. The van der Waals surface area contributed by atoms with E-state index < -0.39 is 0 Å². The zero-order chi connectivity index (χ0) is 16.9. The van der Waals surface area contributed by atoms with Gasteiger partial charge in [0, 0.05) is 37.3 Å². The predicted molar refractivity (Wildman–Crippen MR) is 84.9 cm³/mol. The molecule has 128 valence electrons. The number of ether oxygens (including phenoxy) is 1. The first-order valence-corrected chi connectivity index (χ1v) is 7.92. The van der Waals surface area contributed by atoms with E-state index >= 15 is 0 Å². The second-order valence-electron chi connectivity index (χ2n) is 5.73. The highest BCUT2D eigenvalue weighted by Crippen LogP contribution is 2.17. The van der Waals surface area contributed by atoms with Crippen LogP contribution in [0.5, 0.6) is 0 Å². The fraction of sp³-hybridized carbons (Fsp3) is 0.412. The SMILES string of the molecule is Cc1onc(C(=O)NCc2ccccc2F)c1CN1CCOCC1. The van der Waals surface area contributed by atoms with Gasteiger partial charge in [0.2, 0.25) is 0 Å². The lowest BCUT2D eigenvalue weighted by Gasteiger charge is -2.26. The van der Waals surface area contributed by atoms with Gasteiger partial charge in [0.25, 0.3) is 5.91 Å². The van der Waals surface area contributed by atoms with Crippen molar-refractivity contribution in [2.45, 2.75) is 20.0 Å². The average molecular weight is 333 g/mol. The van der Waals surface area contributed by atoms with Gasteiger partial charge in [-0.2, -0.15) is 0 Å². The molecule has 1 amide bonds. The van der Waals surface area contributed by atoms with Gasteiger partial charge in [-0.25, -0.2) is 4.39 Å². The molecule has 0 spiro atoms. The van der Waals surface area contributed by atoms with E-state index in [9.17, 15) is 9.18 Å². The molecule has 24 heavy (non-hydrogen) atoms. The van der Waals surface area contributed by atoms with Crippen molar-refractivity contribution in [3.63, 3.8) is 0 Å². The fourth-order valence-corrected chi connectivity index (χ4v) is 2.64. The number of amides is 1. The first-order chi connectivity index (χ1) is 11.6. The number of aromatic nitrogens is 1. The second-order valence-corrected chi connectivity index (χ2v) is 5.73. The van der Waals surface area contributed by atoms with Crippen LogP contribution in [0.4, 0.5) is 4.39 Å². The van der Waals surface area contributed by atoms with Gasteiger partial charge in [-0.15, -0.1) is 0 Å². The molecule has 0 radical (unpaired) electrons. The van der Waals surface area contributed by atoms with E-state index in [2.05, 4.69) is 15.4 Å². The zero-order valence-corrected chi connectivity index (χ0v) is 13.5. The molecule has 0 saturated carbocycles. The Balaban J connectivity index is 1.67. The van der Waals surface area contributed by atoms with Crippen molar-refractivity contribution in [2.75, 3.05) is 26.3 Å². The molecule has 0 aliphatic carbocycles. The van der Waals surface area contributed by atoms with E-state index in [1.165, 1.54) is 6.07 Å². The normalized spacial score (nSPS) is 15.4. The van der Waals surface area contributed by atoms with Crippen LogP contribution in [-0.4, -0.2) is 42.3 Å². The Labute approximate surface area is 139 Å². The van der Waals surface area contributed by atoms with Gasteiger partial charge in [0.1, 0.15) is 11.6 Å². The maximum atomic E-state index is 13.6. The number of nitrogens with zero attached hydrogens (tertiary/aromatic N) is 2. The summed E-state index contributed by atoms with van der Waals surface area (Å²) < 4.78 is 24.2. The van der Waals surface area contributed by atoms with Crippen molar-refractivity contribution < 1.29 is 18.4 Å². The summed E-state index contributed by atoms with van der Waals surface area (Å²) in [7, 11) is 0. The molecule has 0 atom stereocenters. The van der Waals surface area contributed by atoms with Gasteiger partial charge in [0.15, 0.2) is 5.69 Å². The molecule has 2 heterocycles. The summed E-state index contributed by atoms with van der Waals surface area (Å²) >= 11 is 0. The minimum Gasteiger partial charge on any atom is -0.379 e. The average Bonchev–Trinajstić information content (AvgIpc) is 2.96. The van der Waals surface area contributed by atoms with Crippen molar-refractivity contribution in [1.29, 1.82) is 0 Å². The smallest absolute Gasteiger partial charge is 0.274 e. The minimum absolute atomic E-state index is 0.106. The van der Waals surface area contributed by atoms with E-state index in [-0.39, 0.29) is 24.0 Å². The molecule has 1 aliphatic heterocycles. The molecule has 6 nitrogen and oxygen atoms in total. The standard InChI is InChI=1S/C17H20FN3O3/c1-12-14(11-21-6-8-23-9-7-21)16(20-24-12)17(22)19-10-13-4-2-3-5-15(13)18/h2-5H,6-11H2,1H3,(H,19,22). The summed E-state index contributed by atoms with van der Waals surface area (Å²) in [5, 5.41) is 6.58. The first-order valence-electron chi connectivity index (χ1n) is 7.92. The third-order valence-corrected chi connectivity index (χ3v) is 4.08. The van der Waals surface area contributed by atoms with E-state index in [4.69, 9.17) is 9.26 Å². The number of aryl methyl sites for hydroxylation is 1. The van der Waals surface area contributed by atoms with Crippen molar-refractivity contribution in [1.82, 2.24) is 15.4 Å². The van der Waals surface area contributed by atoms with Crippen molar-refractivity contribution in [2.24, 2.45) is 0 Å². The Kier molecular flexibility index (Phi) is 5.22. The van der Waals surface area contributed by atoms with Gasteiger partial charge < -0.3 is 14.6 Å². The largest absolute Gasteiger partial charge is 0.379 e. The highest BCUT2D eigenvalue weighted by molar-refractivity contribution is 5.93. The molecule has 1 fully saturated rings. The molecular weight excluding hydrogens is 313 g/mol. The number of carbonyl (C=O) groups is 1. The van der Waals surface area contributed by atoms with E-state index in [0.29, 0.717) is 31.1 Å². The maximum Gasteiger partial charge on any atom is 0.274 e. The first kappa shape index (κ1) is 16.6. The number of halogens is 1. The minimum atomic E-state index is -0.363. The molecule has 7 heteroatoms. The number of hydrogen-bond donors (Lipinski definition) is 1. The summed E-state index contributed by atoms with van der Waals surface area (Å²) in [6, 6.07) is 6.35. The summed E-state index contributed by atoms with van der Waals surface area (Å²) in [4.78, 5) is 14.6. The van der Waals surface area contributed by atoms with Gasteiger partial charge in [-0.3, -0.25) is 9.69 Å². The third kappa shape index (κ3) is 3.80. The molecule has 1 aromatic carbocycles. The van der Waals surface area contributed by atoms with Crippen LogP contribution in [0.3, 0.4) is 0 Å². The molecule has 3 rings (SSSR count).